The summed E-state index contributed by atoms with van der Waals surface area (Å²) in [6, 6.07) is 0. The van der Waals surface area contributed by atoms with Gasteiger partial charge in [-0.25, -0.2) is 0 Å². The van der Waals surface area contributed by atoms with Gasteiger partial charge in [0.2, 0.25) is 0 Å². The Hall–Kier alpha value is -1.45. The lowest BCUT2D eigenvalue weighted by Crippen LogP contribution is -1.97. The van der Waals surface area contributed by atoms with E-state index in [0.717, 1.165) is 12.2 Å². The van der Waals surface area contributed by atoms with E-state index >= 15 is 0 Å². The first-order valence-corrected chi connectivity index (χ1v) is 4.43. The molecule has 0 radical (unpaired) electrons. The molecular weight excluding hydrogens is 185 g/mol. The Labute approximate surface area is 83.8 Å². The average molecular weight is 201 g/mol. The molecule has 0 aromatic rings. The van der Waals surface area contributed by atoms with Gasteiger partial charge in [-0.1, -0.05) is 26.0 Å². The first-order valence-electron chi connectivity index (χ1n) is 4.43. The number of hydrogen-bond donors (Lipinski definition) is 0. The van der Waals surface area contributed by atoms with Crippen molar-refractivity contribution < 1.29 is 9.31 Å². The molecule has 0 amide bonds. The normalized spacial score (nSPS) is 12.4. The number of allylic oxidation sites excluding steroid dienone is 5. The monoisotopic (exact) mass is 201 g/mol. The Morgan fingerprint density at radius 1 is 1.21 bits per heavy atom. The smallest absolute Gasteiger partial charge is 0.258 e. The number of hydrogen-bond acceptors (Lipinski definition) is 2. The summed E-state index contributed by atoms with van der Waals surface area (Å²) in [5.74, 6) is -0.833. The summed E-state index contributed by atoms with van der Waals surface area (Å²) >= 11 is 0. The number of nitrogens with zero attached hydrogens (tertiary/aromatic N) is 1. The predicted octanol–water partition coefficient (Wildman–Crippen LogP) is 3.62. The lowest BCUT2D eigenvalue weighted by Gasteiger charge is -1.90. The van der Waals surface area contributed by atoms with E-state index in [4.69, 9.17) is 0 Å². The summed E-state index contributed by atoms with van der Waals surface area (Å²) in [6.45, 7) is 7.18. The van der Waals surface area contributed by atoms with Crippen molar-refractivity contribution in [2.45, 2.75) is 27.7 Å². The van der Waals surface area contributed by atoms with E-state index in [1.807, 2.05) is 13.8 Å². The minimum atomic E-state index is -0.833. The Morgan fingerprint density at radius 2 is 1.64 bits per heavy atom. The standard InChI is InChI=1S/C8H10FNO2.C2H6/c1-3-5-7(9)8(6-4-2)10(11)12;1-2/h3-6H,1-2H3;1-2H3/b5-3-,6-4-,8-7-;. The van der Waals surface area contributed by atoms with Gasteiger partial charge in [0.15, 0.2) is 5.83 Å². The van der Waals surface area contributed by atoms with Crippen molar-refractivity contribution in [3.8, 4) is 0 Å². The van der Waals surface area contributed by atoms with Gasteiger partial charge in [-0.3, -0.25) is 10.1 Å². The number of rotatable bonds is 3. The lowest BCUT2D eigenvalue weighted by molar-refractivity contribution is -0.421. The molecule has 0 saturated heterocycles. The van der Waals surface area contributed by atoms with Crippen LogP contribution in [0.1, 0.15) is 27.7 Å². The van der Waals surface area contributed by atoms with E-state index in [1.165, 1.54) is 12.2 Å². The van der Waals surface area contributed by atoms with E-state index < -0.39 is 16.4 Å². The highest BCUT2D eigenvalue weighted by Crippen LogP contribution is 2.09. The van der Waals surface area contributed by atoms with Crippen molar-refractivity contribution in [3.05, 3.63) is 45.9 Å². The molecule has 0 aromatic heterocycles. The van der Waals surface area contributed by atoms with Gasteiger partial charge in [-0.15, -0.1) is 0 Å². The second-order valence-electron chi connectivity index (χ2n) is 1.99. The zero-order valence-corrected chi connectivity index (χ0v) is 8.95. The van der Waals surface area contributed by atoms with Crippen molar-refractivity contribution >= 4 is 0 Å². The second-order valence-corrected chi connectivity index (χ2v) is 1.99. The highest BCUT2D eigenvalue weighted by Gasteiger charge is 2.11. The predicted molar refractivity (Wildman–Crippen MR) is 56.1 cm³/mol. The minimum absolute atomic E-state index is 0.518. The first kappa shape index (κ1) is 15.0. The quantitative estimate of drug-likeness (QED) is 0.397. The van der Waals surface area contributed by atoms with Gasteiger partial charge in [-0.05, 0) is 19.9 Å². The SMILES string of the molecule is CC.C\C=C/C(F)=C(\C=C/C)[N+](=O)[O-]. The molecular formula is C10H16FNO2. The molecule has 0 aromatic carbocycles. The maximum atomic E-state index is 12.8. The molecule has 0 N–H and O–H groups in total. The highest BCUT2D eigenvalue weighted by atomic mass is 19.1. The topological polar surface area (TPSA) is 43.1 Å². The van der Waals surface area contributed by atoms with Gasteiger partial charge in [0, 0.05) is 6.08 Å². The fraction of sp³-hybridized carbons (Fsp3) is 0.400. The molecule has 0 rings (SSSR count). The summed E-state index contributed by atoms with van der Waals surface area (Å²) in [5.41, 5.74) is -0.518. The number of nitro groups is 1. The van der Waals surface area contributed by atoms with E-state index in [-0.39, 0.29) is 0 Å². The average Bonchev–Trinajstić information content (AvgIpc) is 2.17. The van der Waals surface area contributed by atoms with Gasteiger partial charge in [0.05, 0.1) is 4.92 Å². The Kier molecular flexibility index (Phi) is 10.4. The molecule has 4 heteroatoms. The molecule has 0 atom stereocenters. The van der Waals surface area contributed by atoms with Crippen LogP contribution < -0.4 is 0 Å². The zero-order chi connectivity index (χ0) is 11.6. The Bertz CT molecular complexity index is 255. The van der Waals surface area contributed by atoms with Crippen molar-refractivity contribution in [3.63, 3.8) is 0 Å². The van der Waals surface area contributed by atoms with Gasteiger partial charge >= 0.3 is 5.70 Å². The molecule has 3 nitrogen and oxygen atoms in total. The summed E-state index contributed by atoms with van der Waals surface area (Å²) in [7, 11) is 0. The molecule has 0 fully saturated rings. The third kappa shape index (κ3) is 6.11. The number of halogens is 1. The van der Waals surface area contributed by atoms with Crippen molar-refractivity contribution in [1.82, 2.24) is 0 Å². The summed E-state index contributed by atoms with van der Waals surface area (Å²) < 4.78 is 12.8. The molecule has 80 valence electrons. The molecule has 0 unspecified atom stereocenters. The highest BCUT2D eigenvalue weighted by molar-refractivity contribution is 5.22. The van der Waals surface area contributed by atoms with Crippen molar-refractivity contribution in [2.24, 2.45) is 0 Å². The summed E-state index contributed by atoms with van der Waals surface area (Å²) in [6.07, 6.45) is 5.00. The first-order chi connectivity index (χ1) is 6.63. The molecule has 0 aliphatic rings. The fourth-order valence-electron chi connectivity index (χ4n) is 0.617. The van der Waals surface area contributed by atoms with Crippen LogP contribution in [-0.2, 0) is 0 Å². The molecule has 0 saturated carbocycles. The van der Waals surface area contributed by atoms with Gasteiger partial charge in [0.1, 0.15) is 0 Å². The van der Waals surface area contributed by atoms with Crippen molar-refractivity contribution in [1.29, 1.82) is 0 Å². The van der Waals surface area contributed by atoms with E-state index in [0.29, 0.717) is 0 Å². The van der Waals surface area contributed by atoms with Gasteiger partial charge in [0.25, 0.3) is 0 Å². The Morgan fingerprint density at radius 3 is 1.93 bits per heavy atom. The van der Waals surface area contributed by atoms with Crippen LogP contribution in [0.25, 0.3) is 0 Å². The van der Waals surface area contributed by atoms with Crippen LogP contribution in [0.5, 0.6) is 0 Å². The third-order valence-corrected chi connectivity index (χ3v) is 1.08. The third-order valence-electron chi connectivity index (χ3n) is 1.08. The molecule has 0 heterocycles. The maximum Gasteiger partial charge on any atom is 0.304 e. The largest absolute Gasteiger partial charge is 0.304 e. The van der Waals surface area contributed by atoms with Gasteiger partial charge in [-0.2, -0.15) is 4.39 Å². The lowest BCUT2D eigenvalue weighted by atomic mass is 10.3. The van der Waals surface area contributed by atoms with Crippen LogP contribution in [0.3, 0.4) is 0 Å². The van der Waals surface area contributed by atoms with E-state index in [9.17, 15) is 14.5 Å². The Balaban J connectivity index is 0. The van der Waals surface area contributed by atoms with Crippen LogP contribution in [0.2, 0.25) is 0 Å². The molecule has 0 aliphatic carbocycles. The van der Waals surface area contributed by atoms with Crippen LogP contribution in [-0.4, -0.2) is 4.92 Å². The van der Waals surface area contributed by atoms with Crippen LogP contribution in [0, 0.1) is 10.1 Å². The molecule has 0 aliphatic heterocycles. The summed E-state index contributed by atoms with van der Waals surface area (Å²) in [4.78, 5) is 9.47. The van der Waals surface area contributed by atoms with Crippen LogP contribution in [0.4, 0.5) is 4.39 Å². The molecule has 14 heavy (non-hydrogen) atoms. The van der Waals surface area contributed by atoms with Gasteiger partial charge < -0.3 is 0 Å². The minimum Gasteiger partial charge on any atom is -0.258 e. The second kappa shape index (κ2) is 9.64. The zero-order valence-electron chi connectivity index (χ0n) is 8.95. The molecule has 0 bridgehead atoms. The van der Waals surface area contributed by atoms with Crippen molar-refractivity contribution in [2.75, 3.05) is 0 Å². The molecule has 0 spiro atoms. The van der Waals surface area contributed by atoms with E-state index in [2.05, 4.69) is 0 Å². The summed E-state index contributed by atoms with van der Waals surface area (Å²) in [5, 5.41) is 10.2. The van der Waals surface area contributed by atoms with Crippen LogP contribution >= 0.6 is 0 Å². The van der Waals surface area contributed by atoms with E-state index in [1.54, 1.807) is 13.8 Å². The van der Waals surface area contributed by atoms with Crippen LogP contribution in [0.15, 0.2) is 35.8 Å². The fourth-order valence-corrected chi connectivity index (χ4v) is 0.617. The maximum absolute atomic E-state index is 12.8.